The van der Waals surface area contributed by atoms with E-state index in [9.17, 15) is 0 Å². The summed E-state index contributed by atoms with van der Waals surface area (Å²) in [5.41, 5.74) is 2.02. The molecule has 1 aliphatic heterocycles. The summed E-state index contributed by atoms with van der Waals surface area (Å²) in [6, 6.07) is 10.2. The lowest BCUT2D eigenvalue weighted by Gasteiger charge is -2.38. The van der Waals surface area contributed by atoms with Crippen LogP contribution in [0.2, 0.25) is 5.02 Å². The summed E-state index contributed by atoms with van der Waals surface area (Å²) < 4.78 is 5.16. The van der Waals surface area contributed by atoms with E-state index in [0.29, 0.717) is 6.61 Å². The summed E-state index contributed by atoms with van der Waals surface area (Å²) in [6.07, 6.45) is 3.78. The number of piperidine rings is 1. The lowest BCUT2D eigenvalue weighted by Crippen LogP contribution is -2.41. The molecule has 134 valence electrons. The van der Waals surface area contributed by atoms with Crippen LogP contribution in [0, 0.1) is 0 Å². The number of anilines is 1. The van der Waals surface area contributed by atoms with E-state index in [-0.39, 0.29) is 5.41 Å². The van der Waals surface area contributed by atoms with Crippen molar-refractivity contribution >= 4 is 17.5 Å². The number of halogens is 1. The molecule has 0 spiro atoms. The first-order valence-corrected chi connectivity index (χ1v) is 9.04. The van der Waals surface area contributed by atoms with E-state index < -0.39 is 0 Å². The average Bonchev–Trinajstić information content (AvgIpc) is 2.67. The van der Waals surface area contributed by atoms with Crippen LogP contribution in [0.5, 0.6) is 0 Å². The van der Waals surface area contributed by atoms with E-state index in [4.69, 9.17) is 21.3 Å². The number of likely N-dealkylation sites (N-methyl/N-ethyl adjacent to an activating group) is 1. The molecule has 0 amide bonds. The van der Waals surface area contributed by atoms with Crippen molar-refractivity contribution < 1.29 is 4.74 Å². The Labute approximate surface area is 154 Å². The van der Waals surface area contributed by atoms with Crippen molar-refractivity contribution in [1.82, 2.24) is 15.3 Å². The molecule has 1 saturated heterocycles. The molecule has 3 rings (SSSR count). The number of nitrogens with zero attached hydrogens (tertiary/aromatic N) is 3. The number of aromatic nitrogens is 2. The predicted molar refractivity (Wildman–Crippen MR) is 102 cm³/mol. The second kappa shape index (κ2) is 8.13. The van der Waals surface area contributed by atoms with Crippen LogP contribution >= 0.6 is 11.6 Å². The highest BCUT2D eigenvalue weighted by Crippen LogP contribution is 2.42. The van der Waals surface area contributed by atoms with Crippen molar-refractivity contribution in [1.29, 1.82) is 0 Å². The van der Waals surface area contributed by atoms with E-state index in [1.165, 1.54) is 0 Å². The highest BCUT2D eigenvalue weighted by Gasteiger charge is 2.38. The molecule has 0 saturated carbocycles. The van der Waals surface area contributed by atoms with Crippen molar-refractivity contribution in [3.63, 3.8) is 0 Å². The average molecular weight is 361 g/mol. The van der Waals surface area contributed by atoms with Crippen LogP contribution in [0.4, 0.5) is 5.95 Å². The van der Waals surface area contributed by atoms with Crippen LogP contribution in [-0.4, -0.2) is 50.4 Å². The van der Waals surface area contributed by atoms with E-state index in [1.54, 1.807) is 7.11 Å². The topological polar surface area (TPSA) is 50.3 Å². The molecule has 25 heavy (non-hydrogen) atoms. The normalized spacial score (nSPS) is 16.6. The second-order valence-electron chi connectivity index (χ2n) is 6.47. The number of methoxy groups -OCH3 is 1. The van der Waals surface area contributed by atoms with Crippen LogP contribution < -0.4 is 10.2 Å². The maximum atomic E-state index is 6.58. The molecule has 1 fully saturated rings. The minimum atomic E-state index is -0.177. The lowest BCUT2D eigenvalue weighted by molar-refractivity contribution is 0.206. The van der Waals surface area contributed by atoms with Crippen molar-refractivity contribution in [2.45, 2.75) is 18.3 Å². The molecule has 2 heterocycles. The largest absolute Gasteiger partial charge is 0.383 e. The second-order valence-corrected chi connectivity index (χ2v) is 6.88. The molecule has 0 aliphatic carbocycles. The molecule has 1 aromatic heterocycles. The van der Waals surface area contributed by atoms with Gasteiger partial charge in [-0.25, -0.2) is 9.97 Å². The van der Waals surface area contributed by atoms with Crippen LogP contribution in [0.15, 0.2) is 36.5 Å². The van der Waals surface area contributed by atoms with Gasteiger partial charge >= 0.3 is 0 Å². The van der Waals surface area contributed by atoms with Gasteiger partial charge in [-0.2, -0.15) is 0 Å². The minimum absolute atomic E-state index is 0.177. The Morgan fingerprint density at radius 3 is 2.72 bits per heavy atom. The van der Waals surface area contributed by atoms with Crippen molar-refractivity contribution in [3.05, 3.63) is 52.8 Å². The van der Waals surface area contributed by atoms with E-state index in [0.717, 1.165) is 54.7 Å². The van der Waals surface area contributed by atoms with Gasteiger partial charge < -0.3 is 15.0 Å². The predicted octanol–water partition coefficient (Wildman–Crippen LogP) is 2.88. The maximum Gasteiger partial charge on any atom is 0.225 e. The summed E-state index contributed by atoms with van der Waals surface area (Å²) in [5.74, 6) is 0.722. The molecule has 0 unspecified atom stereocenters. The van der Waals surface area contributed by atoms with Crippen LogP contribution in [0.1, 0.15) is 24.1 Å². The molecule has 0 atom stereocenters. The van der Waals surface area contributed by atoms with Gasteiger partial charge in [-0.1, -0.05) is 29.8 Å². The number of rotatable bonds is 6. The number of hydrogen-bond acceptors (Lipinski definition) is 5. The fourth-order valence-corrected chi connectivity index (χ4v) is 3.81. The molecule has 1 aromatic carbocycles. The van der Waals surface area contributed by atoms with E-state index in [2.05, 4.69) is 22.4 Å². The zero-order valence-electron chi connectivity index (χ0n) is 14.8. The number of benzene rings is 1. The van der Waals surface area contributed by atoms with Gasteiger partial charge in [0.15, 0.2) is 0 Å². The fraction of sp³-hybridized carbons (Fsp3) is 0.474. The van der Waals surface area contributed by atoms with Gasteiger partial charge in [0, 0.05) is 37.3 Å². The molecular weight excluding hydrogens is 336 g/mol. The van der Waals surface area contributed by atoms with Gasteiger partial charge in [-0.05, 0) is 43.6 Å². The van der Waals surface area contributed by atoms with Crippen molar-refractivity contribution in [2.24, 2.45) is 0 Å². The molecule has 2 aromatic rings. The molecule has 1 aliphatic rings. The lowest BCUT2D eigenvalue weighted by atomic mass is 9.70. The molecule has 0 bridgehead atoms. The van der Waals surface area contributed by atoms with Crippen molar-refractivity contribution in [2.75, 3.05) is 45.3 Å². The van der Waals surface area contributed by atoms with Gasteiger partial charge in [0.05, 0.1) is 12.3 Å². The van der Waals surface area contributed by atoms with Crippen LogP contribution in [0.3, 0.4) is 0 Å². The third-order valence-corrected chi connectivity index (χ3v) is 5.28. The number of ether oxygens (including phenoxy) is 1. The van der Waals surface area contributed by atoms with Crippen LogP contribution in [-0.2, 0) is 10.2 Å². The van der Waals surface area contributed by atoms with Gasteiger partial charge in [0.25, 0.3) is 0 Å². The first kappa shape index (κ1) is 18.1. The summed E-state index contributed by atoms with van der Waals surface area (Å²) >= 11 is 6.58. The molecular formula is C19H25ClN4O. The zero-order chi connectivity index (χ0) is 17.7. The number of nitrogens with one attached hydrogen (secondary N) is 1. The smallest absolute Gasteiger partial charge is 0.225 e. The SMILES string of the molecule is COCCN(C)c1nccc(C2(c3ccccc3Cl)CCNCC2)n1. The molecule has 1 N–H and O–H groups in total. The van der Waals surface area contributed by atoms with Crippen molar-refractivity contribution in [3.8, 4) is 0 Å². The summed E-state index contributed by atoms with van der Waals surface area (Å²) in [4.78, 5) is 11.4. The van der Waals surface area contributed by atoms with Gasteiger partial charge in [-0.15, -0.1) is 0 Å². The molecule has 0 radical (unpaired) electrons. The highest BCUT2D eigenvalue weighted by atomic mass is 35.5. The third kappa shape index (κ3) is 3.78. The maximum absolute atomic E-state index is 6.58. The Bertz CT molecular complexity index is 703. The van der Waals surface area contributed by atoms with Gasteiger partial charge in [0.1, 0.15) is 0 Å². The summed E-state index contributed by atoms with van der Waals surface area (Å²) in [7, 11) is 3.69. The fourth-order valence-electron chi connectivity index (χ4n) is 3.49. The Morgan fingerprint density at radius 1 is 1.24 bits per heavy atom. The highest BCUT2D eigenvalue weighted by molar-refractivity contribution is 6.31. The quantitative estimate of drug-likeness (QED) is 0.858. The first-order valence-electron chi connectivity index (χ1n) is 8.67. The van der Waals surface area contributed by atoms with Crippen LogP contribution in [0.25, 0.3) is 0 Å². The Kier molecular flexibility index (Phi) is 5.89. The summed E-state index contributed by atoms with van der Waals surface area (Å²) in [5, 5.41) is 4.25. The van der Waals surface area contributed by atoms with E-state index >= 15 is 0 Å². The van der Waals surface area contributed by atoms with E-state index in [1.807, 2.05) is 36.3 Å². The third-order valence-electron chi connectivity index (χ3n) is 4.95. The number of hydrogen-bond donors (Lipinski definition) is 1. The standard InChI is InChI=1S/C19H25ClN4O/c1-24(13-14-25-2)18-22-10-7-17(23-18)19(8-11-21-12-9-19)15-5-3-4-6-16(15)20/h3-7,10,21H,8-9,11-14H2,1-2H3. The molecule has 6 heteroatoms. The summed E-state index contributed by atoms with van der Waals surface area (Å²) in [6.45, 7) is 3.29. The molecule has 5 nitrogen and oxygen atoms in total. The Balaban J connectivity index is 2.02. The van der Waals surface area contributed by atoms with Gasteiger partial charge in [0.2, 0.25) is 5.95 Å². The Morgan fingerprint density at radius 2 is 2.00 bits per heavy atom. The zero-order valence-corrected chi connectivity index (χ0v) is 15.6. The Hall–Kier alpha value is -1.69. The minimum Gasteiger partial charge on any atom is -0.383 e. The monoisotopic (exact) mass is 360 g/mol. The van der Waals surface area contributed by atoms with Gasteiger partial charge in [-0.3, -0.25) is 0 Å². The first-order chi connectivity index (χ1) is 12.2.